The molecule has 1 aromatic rings. The summed E-state index contributed by atoms with van der Waals surface area (Å²) >= 11 is 0. The van der Waals surface area contributed by atoms with Crippen molar-refractivity contribution in [3.8, 4) is 0 Å². The van der Waals surface area contributed by atoms with Crippen LogP contribution in [0, 0.1) is 0 Å². The van der Waals surface area contributed by atoms with Crippen molar-refractivity contribution >= 4 is 12.1 Å². The van der Waals surface area contributed by atoms with Crippen molar-refractivity contribution in [3.63, 3.8) is 0 Å². The van der Waals surface area contributed by atoms with Gasteiger partial charge in [-0.05, 0) is 32.9 Å². The summed E-state index contributed by atoms with van der Waals surface area (Å²) in [5, 5.41) is 6.65. The topological polar surface area (TPSA) is 82.1 Å². The molecule has 0 atom stereocenters. The van der Waals surface area contributed by atoms with Crippen LogP contribution in [0.15, 0.2) is 29.4 Å². The Labute approximate surface area is 168 Å². The van der Waals surface area contributed by atoms with E-state index in [0.29, 0.717) is 13.1 Å². The largest absolute Gasteiger partial charge is 0.444 e. The number of nitrogens with zero attached hydrogens (tertiary/aromatic N) is 4. The highest BCUT2D eigenvalue weighted by atomic mass is 16.6. The second kappa shape index (κ2) is 10.8. The molecule has 8 heteroatoms. The van der Waals surface area contributed by atoms with Crippen molar-refractivity contribution in [2.24, 2.45) is 4.99 Å². The molecule has 0 aromatic carbocycles. The maximum Gasteiger partial charge on any atom is 0.410 e. The molecule has 1 fully saturated rings. The van der Waals surface area contributed by atoms with Gasteiger partial charge >= 0.3 is 6.09 Å². The minimum Gasteiger partial charge on any atom is -0.444 e. The van der Waals surface area contributed by atoms with Crippen molar-refractivity contribution in [2.45, 2.75) is 32.8 Å². The van der Waals surface area contributed by atoms with E-state index in [2.05, 4.69) is 25.5 Å². The summed E-state index contributed by atoms with van der Waals surface area (Å²) in [6.07, 6.45) is 2.45. The second-order valence-electron chi connectivity index (χ2n) is 7.81. The SMILES string of the molecule is CN=C(NCCc1ccccn1)NCCN1CCN(C(=O)OC(C)(C)C)CC1. The number of carbonyl (C=O) groups excluding carboxylic acids is 1. The first kappa shape index (κ1) is 21.9. The van der Waals surface area contributed by atoms with Gasteiger partial charge in [0.2, 0.25) is 0 Å². The minimum absolute atomic E-state index is 0.220. The molecule has 2 rings (SSSR count). The summed E-state index contributed by atoms with van der Waals surface area (Å²) < 4.78 is 5.44. The van der Waals surface area contributed by atoms with Gasteiger partial charge in [-0.1, -0.05) is 6.07 Å². The lowest BCUT2D eigenvalue weighted by atomic mass is 10.2. The first-order valence-corrected chi connectivity index (χ1v) is 9.92. The van der Waals surface area contributed by atoms with Gasteiger partial charge in [0.15, 0.2) is 5.96 Å². The number of guanidine groups is 1. The Morgan fingerprint density at radius 1 is 1.18 bits per heavy atom. The van der Waals surface area contributed by atoms with Crippen LogP contribution in [-0.2, 0) is 11.2 Å². The van der Waals surface area contributed by atoms with E-state index in [4.69, 9.17) is 4.74 Å². The maximum absolute atomic E-state index is 12.1. The Morgan fingerprint density at radius 3 is 2.50 bits per heavy atom. The third-order valence-corrected chi connectivity index (χ3v) is 4.37. The van der Waals surface area contributed by atoms with E-state index in [1.54, 1.807) is 11.9 Å². The third-order valence-electron chi connectivity index (χ3n) is 4.37. The number of piperazine rings is 1. The van der Waals surface area contributed by atoms with Gasteiger partial charge in [0.05, 0.1) is 0 Å². The summed E-state index contributed by atoms with van der Waals surface area (Å²) in [6, 6.07) is 5.94. The quantitative estimate of drug-likeness (QED) is 0.564. The van der Waals surface area contributed by atoms with Crippen LogP contribution in [0.2, 0.25) is 0 Å². The molecule has 0 radical (unpaired) electrons. The number of pyridine rings is 1. The fourth-order valence-electron chi connectivity index (χ4n) is 2.89. The zero-order chi connectivity index (χ0) is 20.4. The second-order valence-corrected chi connectivity index (χ2v) is 7.81. The monoisotopic (exact) mass is 390 g/mol. The molecule has 0 saturated carbocycles. The smallest absolute Gasteiger partial charge is 0.410 e. The molecule has 0 aliphatic carbocycles. The molecular formula is C20H34N6O2. The van der Waals surface area contributed by atoms with Crippen molar-refractivity contribution in [3.05, 3.63) is 30.1 Å². The predicted molar refractivity (Wildman–Crippen MR) is 112 cm³/mol. The van der Waals surface area contributed by atoms with Crippen LogP contribution >= 0.6 is 0 Å². The number of hydrogen-bond donors (Lipinski definition) is 2. The summed E-state index contributed by atoms with van der Waals surface area (Å²) in [5.41, 5.74) is 0.616. The van der Waals surface area contributed by atoms with E-state index in [0.717, 1.165) is 50.8 Å². The van der Waals surface area contributed by atoms with Crippen LogP contribution in [0.1, 0.15) is 26.5 Å². The van der Waals surface area contributed by atoms with E-state index >= 15 is 0 Å². The number of hydrogen-bond acceptors (Lipinski definition) is 5. The maximum atomic E-state index is 12.1. The minimum atomic E-state index is -0.447. The van der Waals surface area contributed by atoms with E-state index in [9.17, 15) is 4.79 Å². The molecule has 1 amide bonds. The number of carbonyl (C=O) groups is 1. The van der Waals surface area contributed by atoms with Gasteiger partial charge in [-0.25, -0.2) is 4.79 Å². The van der Waals surface area contributed by atoms with Gasteiger partial charge in [-0.2, -0.15) is 0 Å². The van der Waals surface area contributed by atoms with Gasteiger partial charge in [-0.3, -0.25) is 14.9 Å². The van der Waals surface area contributed by atoms with Crippen LogP contribution in [0.5, 0.6) is 0 Å². The van der Waals surface area contributed by atoms with Crippen LogP contribution in [0.4, 0.5) is 4.79 Å². The molecule has 0 spiro atoms. The Hall–Kier alpha value is -2.35. The van der Waals surface area contributed by atoms with Crippen LogP contribution < -0.4 is 10.6 Å². The van der Waals surface area contributed by atoms with Crippen molar-refractivity contribution in [1.29, 1.82) is 0 Å². The summed E-state index contributed by atoms with van der Waals surface area (Å²) in [4.78, 5) is 24.8. The van der Waals surface area contributed by atoms with E-state index in [1.807, 2.05) is 45.2 Å². The van der Waals surface area contributed by atoms with Crippen LogP contribution in [0.25, 0.3) is 0 Å². The molecule has 156 valence electrons. The molecule has 0 bridgehead atoms. The lowest BCUT2D eigenvalue weighted by Crippen LogP contribution is -2.51. The highest BCUT2D eigenvalue weighted by Crippen LogP contribution is 2.11. The summed E-state index contributed by atoms with van der Waals surface area (Å²) in [7, 11) is 1.77. The Balaban J connectivity index is 1.60. The number of aliphatic imine (C=N–C) groups is 1. The van der Waals surface area contributed by atoms with Gasteiger partial charge in [0, 0.05) is 71.2 Å². The summed E-state index contributed by atoms with van der Waals surface area (Å²) in [5.74, 6) is 0.795. The Kier molecular flexibility index (Phi) is 8.50. The third kappa shape index (κ3) is 8.12. The van der Waals surface area contributed by atoms with Crippen molar-refractivity contribution in [1.82, 2.24) is 25.4 Å². The molecule has 1 aliphatic heterocycles. The normalized spacial score (nSPS) is 16.0. The standard InChI is InChI=1S/C20H34N6O2/c1-20(2,3)28-19(27)26-15-13-25(14-16-26)12-11-24-18(21-4)23-10-8-17-7-5-6-9-22-17/h5-7,9H,8,10-16H2,1-4H3,(H2,21,23,24). The summed E-state index contributed by atoms with van der Waals surface area (Å²) in [6.45, 7) is 11.3. The molecular weight excluding hydrogens is 356 g/mol. The number of nitrogens with one attached hydrogen (secondary N) is 2. The number of amides is 1. The van der Waals surface area contributed by atoms with Crippen LogP contribution in [-0.4, -0.2) is 85.3 Å². The molecule has 8 nitrogen and oxygen atoms in total. The molecule has 28 heavy (non-hydrogen) atoms. The fraction of sp³-hybridized carbons (Fsp3) is 0.650. The number of ether oxygens (including phenoxy) is 1. The molecule has 2 N–H and O–H groups in total. The van der Waals surface area contributed by atoms with Gasteiger partial charge < -0.3 is 20.3 Å². The number of rotatable bonds is 6. The zero-order valence-corrected chi connectivity index (χ0v) is 17.6. The molecule has 1 aromatic heterocycles. The number of aromatic nitrogens is 1. The van der Waals surface area contributed by atoms with E-state index in [1.165, 1.54) is 0 Å². The van der Waals surface area contributed by atoms with Gasteiger partial charge in [0.1, 0.15) is 5.60 Å². The molecule has 2 heterocycles. The lowest BCUT2D eigenvalue weighted by Gasteiger charge is -2.35. The fourth-order valence-corrected chi connectivity index (χ4v) is 2.89. The Bertz CT molecular complexity index is 621. The predicted octanol–water partition coefficient (Wildman–Crippen LogP) is 1.34. The highest BCUT2D eigenvalue weighted by Gasteiger charge is 2.25. The first-order chi connectivity index (χ1) is 13.4. The van der Waals surface area contributed by atoms with Crippen molar-refractivity contribution < 1.29 is 9.53 Å². The van der Waals surface area contributed by atoms with E-state index < -0.39 is 5.60 Å². The van der Waals surface area contributed by atoms with Gasteiger partial charge in [-0.15, -0.1) is 0 Å². The van der Waals surface area contributed by atoms with Gasteiger partial charge in [0.25, 0.3) is 0 Å². The van der Waals surface area contributed by atoms with E-state index in [-0.39, 0.29) is 6.09 Å². The molecule has 0 unspecified atom stereocenters. The first-order valence-electron chi connectivity index (χ1n) is 9.92. The molecule has 1 saturated heterocycles. The average Bonchev–Trinajstić information content (AvgIpc) is 2.67. The highest BCUT2D eigenvalue weighted by molar-refractivity contribution is 5.79. The van der Waals surface area contributed by atoms with Crippen molar-refractivity contribution in [2.75, 3.05) is 52.9 Å². The molecule has 1 aliphatic rings. The van der Waals surface area contributed by atoms with Crippen LogP contribution in [0.3, 0.4) is 0 Å². The average molecular weight is 391 g/mol. The lowest BCUT2D eigenvalue weighted by molar-refractivity contribution is 0.0147. The Morgan fingerprint density at radius 2 is 1.89 bits per heavy atom. The zero-order valence-electron chi connectivity index (χ0n) is 17.6.